The number of amides is 1. The normalized spacial score (nSPS) is 19.2. The van der Waals surface area contributed by atoms with Gasteiger partial charge < -0.3 is 9.32 Å². The van der Waals surface area contributed by atoms with Crippen molar-refractivity contribution in [3.8, 4) is 0 Å². The van der Waals surface area contributed by atoms with E-state index >= 15 is 0 Å². The summed E-state index contributed by atoms with van der Waals surface area (Å²) in [4.78, 5) is 14.4. The maximum absolute atomic E-state index is 12.5. The molecule has 2 heterocycles. The van der Waals surface area contributed by atoms with Crippen LogP contribution in [0.25, 0.3) is 11.0 Å². The van der Waals surface area contributed by atoms with Gasteiger partial charge in [0.1, 0.15) is 11.8 Å². The summed E-state index contributed by atoms with van der Waals surface area (Å²) in [5, 5.41) is 0.897. The van der Waals surface area contributed by atoms with Crippen LogP contribution in [0.2, 0.25) is 0 Å². The summed E-state index contributed by atoms with van der Waals surface area (Å²) in [5.74, 6) is 1.28. The van der Waals surface area contributed by atoms with Crippen LogP contribution in [0.1, 0.15) is 23.2 Å². The molecule has 1 atom stereocenters. The number of alkyl halides is 1. The van der Waals surface area contributed by atoms with Gasteiger partial charge >= 0.3 is 0 Å². The van der Waals surface area contributed by atoms with E-state index in [1.807, 2.05) is 29.2 Å². The first-order chi connectivity index (χ1) is 9.29. The van der Waals surface area contributed by atoms with Crippen molar-refractivity contribution in [1.29, 1.82) is 0 Å². The molecule has 1 aromatic heterocycles. The van der Waals surface area contributed by atoms with Gasteiger partial charge in [-0.15, -0.1) is 11.6 Å². The van der Waals surface area contributed by atoms with Crippen molar-refractivity contribution in [3.63, 3.8) is 0 Å². The molecule has 3 nitrogen and oxygen atoms in total. The van der Waals surface area contributed by atoms with E-state index in [1.54, 1.807) is 6.26 Å². The Bertz CT molecular complexity index is 593. The highest BCUT2D eigenvalue weighted by molar-refractivity contribution is 6.17. The number of nitrogens with zero attached hydrogens (tertiary/aromatic N) is 1. The number of para-hydroxylation sites is 1. The third-order valence-electron chi connectivity index (χ3n) is 3.80. The van der Waals surface area contributed by atoms with Crippen molar-refractivity contribution >= 4 is 28.5 Å². The Morgan fingerprint density at radius 3 is 3.11 bits per heavy atom. The number of rotatable bonds is 3. The minimum Gasteiger partial charge on any atom is -0.463 e. The van der Waals surface area contributed by atoms with E-state index in [0.29, 0.717) is 17.4 Å². The first-order valence-electron chi connectivity index (χ1n) is 6.61. The van der Waals surface area contributed by atoms with Crippen molar-refractivity contribution < 1.29 is 9.21 Å². The van der Waals surface area contributed by atoms with Gasteiger partial charge in [-0.25, -0.2) is 0 Å². The number of fused-ring (bicyclic) bond motifs is 1. The Morgan fingerprint density at radius 1 is 1.42 bits per heavy atom. The van der Waals surface area contributed by atoms with Crippen LogP contribution in [0.15, 0.2) is 34.9 Å². The Morgan fingerprint density at radius 2 is 2.26 bits per heavy atom. The van der Waals surface area contributed by atoms with Gasteiger partial charge in [-0.2, -0.15) is 0 Å². The summed E-state index contributed by atoms with van der Waals surface area (Å²) in [6, 6.07) is 7.64. The number of halogens is 1. The van der Waals surface area contributed by atoms with Crippen LogP contribution in [0.3, 0.4) is 0 Å². The topological polar surface area (TPSA) is 33.5 Å². The van der Waals surface area contributed by atoms with Gasteiger partial charge in [0.15, 0.2) is 0 Å². The van der Waals surface area contributed by atoms with Crippen LogP contribution >= 0.6 is 11.6 Å². The summed E-state index contributed by atoms with van der Waals surface area (Å²) >= 11 is 5.77. The molecule has 1 unspecified atom stereocenters. The molecule has 0 aliphatic carbocycles. The minimum atomic E-state index is 0.0713. The molecular formula is C15H16ClNO2. The molecule has 1 aliphatic rings. The van der Waals surface area contributed by atoms with Crippen LogP contribution in [-0.4, -0.2) is 29.8 Å². The number of carbonyl (C=O) groups is 1. The number of likely N-dealkylation sites (tertiary alicyclic amines) is 1. The zero-order valence-corrected chi connectivity index (χ0v) is 11.4. The molecule has 4 heteroatoms. The quantitative estimate of drug-likeness (QED) is 0.804. The Balaban J connectivity index is 1.81. The fourth-order valence-corrected chi connectivity index (χ4v) is 3.03. The highest BCUT2D eigenvalue weighted by Gasteiger charge is 2.28. The highest BCUT2D eigenvalue weighted by atomic mass is 35.5. The maximum Gasteiger partial charge on any atom is 0.257 e. The van der Waals surface area contributed by atoms with Crippen LogP contribution < -0.4 is 0 Å². The largest absolute Gasteiger partial charge is 0.463 e. The summed E-state index contributed by atoms with van der Waals surface area (Å²) in [6.07, 6.45) is 3.60. The summed E-state index contributed by atoms with van der Waals surface area (Å²) in [5.41, 5.74) is 1.43. The first-order valence-corrected chi connectivity index (χ1v) is 7.14. The molecular weight excluding hydrogens is 262 g/mol. The van der Waals surface area contributed by atoms with Crippen LogP contribution in [-0.2, 0) is 0 Å². The van der Waals surface area contributed by atoms with Gasteiger partial charge in [0.25, 0.3) is 5.91 Å². The van der Waals surface area contributed by atoms with Crippen molar-refractivity contribution in [2.45, 2.75) is 12.8 Å². The second-order valence-corrected chi connectivity index (χ2v) is 5.41. The lowest BCUT2D eigenvalue weighted by Gasteiger charge is -2.15. The summed E-state index contributed by atoms with van der Waals surface area (Å²) in [6.45, 7) is 1.63. The molecule has 1 fully saturated rings. The number of benzene rings is 1. The van der Waals surface area contributed by atoms with Gasteiger partial charge in [-0.1, -0.05) is 18.2 Å². The van der Waals surface area contributed by atoms with E-state index in [4.69, 9.17) is 16.0 Å². The van der Waals surface area contributed by atoms with Gasteiger partial charge in [0.2, 0.25) is 0 Å². The standard InChI is InChI=1S/C15H16ClNO2/c16-7-5-11-6-8-17(9-11)15(18)13-10-19-14-4-2-1-3-12(13)14/h1-4,10-11H,5-9H2. The lowest BCUT2D eigenvalue weighted by atomic mass is 10.1. The van der Waals surface area contributed by atoms with Crippen molar-refractivity contribution in [1.82, 2.24) is 4.90 Å². The molecule has 19 heavy (non-hydrogen) atoms. The molecule has 3 rings (SSSR count). The summed E-state index contributed by atoms with van der Waals surface area (Å²) in [7, 11) is 0. The molecule has 1 aliphatic heterocycles. The maximum atomic E-state index is 12.5. The first kappa shape index (κ1) is 12.5. The SMILES string of the molecule is O=C(c1coc2ccccc12)N1CCC(CCCl)C1. The van der Waals surface area contributed by atoms with E-state index < -0.39 is 0 Å². The molecule has 1 saturated heterocycles. The third kappa shape index (κ3) is 2.35. The molecule has 0 bridgehead atoms. The molecule has 100 valence electrons. The molecule has 1 amide bonds. The fourth-order valence-electron chi connectivity index (χ4n) is 2.72. The second kappa shape index (κ2) is 5.25. The Hall–Kier alpha value is -1.48. The zero-order chi connectivity index (χ0) is 13.2. The smallest absolute Gasteiger partial charge is 0.257 e. The van der Waals surface area contributed by atoms with Crippen molar-refractivity contribution in [2.75, 3.05) is 19.0 Å². The fraction of sp³-hybridized carbons (Fsp3) is 0.400. The van der Waals surface area contributed by atoms with Crippen LogP contribution in [0.4, 0.5) is 0 Å². The molecule has 0 saturated carbocycles. The van der Waals surface area contributed by atoms with Gasteiger partial charge in [0.05, 0.1) is 5.56 Å². The van der Waals surface area contributed by atoms with E-state index in [1.165, 1.54) is 0 Å². The van der Waals surface area contributed by atoms with Crippen molar-refractivity contribution in [3.05, 3.63) is 36.1 Å². The highest BCUT2D eigenvalue weighted by Crippen LogP contribution is 2.26. The van der Waals surface area contributed by atoms with E-state index in [9.17, 15) is 4.79 Å². The predicted octanol–water partition coefficient (Wildman–Crippen LogP) is 3.52. The van der Waals surface area contributed by atoms with Crippen molar-refractivity contribution in [2.24, 2.45) is 5.92 Å². The predicted molar refractivity (Wildman–Crippen MR) is 75.6 cm³/mol. The number of furan rings is 1. The molecule has 1 aromatic carbocycles. The van der Waals surface area contributed by atoms with Crippen LogP contribution in [0.5, 0.6) is 0 Å². The average Bonchev–Trinajstić information content (AvgIpc) is 3.05. The van der Waals surface area contributed by atoms with Gasteiger partial charge in [-0.05, 0) is 24.8 Å². The van der Waals surface area contributed by atoms with E-state index in [0.717, 1.165) is 36.9 Å². The monoisotopic (exact) mass is 277 g/mol. The summed E-state index contributed by atoms with van der Waals surface area (Å²) < 4.78 is 5.44. The number of carbonyl (C=O) groups excluding carboxylic acids is 1. The molecule has 0 spiro atoms. The van der Waals surface area contributed by atoms with Gasteiger partial charge in [-0.3, -0.25) is 4.79 Å². The van der Waals surface area contributed by atoms with Gasteiger partial charge in [0, 0.05) is 24.4 Å². The molecule has 2 aromatic rings. The number of hydrogen-bond donors (Lipinski definition) is 0. The molecule has 0 radical (unpaired) electrons. The zero-order valence-electron chi connectivity index (χ0n) is 10.6. The Kier molecular flexibility index (Phi) is 3.47. The minimum absolute atomic E-state index is 0.0713. The van der Waals surface area contributed by atoms with E-state index in [2.05, 4.69) is 0 Å². The van der Waals surface area contributed by atoms with E-state index in [-0.39, 0.29) is 5.91 Å². The second-order valence-electron chi connectivity index (χ2n) is 5.03. The average molecular weight is 278 g/mol. The van der Waals surface area contributed by atoms with Crippen LogP contribution in [0, 0.1) is 5.92 Å². The third-order valence-corrected chi connectivity index (χ3v) is 4.02. The lowest BCUT2D eigenvalue weighted by Crippen LogP contribution is -2.28. The Labute approximate surface area is 117 Å². The lowest BCUT2D eigenvalue weighted by molar-refractivity contribution is 0.0788. The molecule has 0 N–H and O–H groups in total. The number of hydrogen-bond acceptors (Lipinski definition) is 2.